The molecule has 0 aliphatic heterocycles. The fourth-order valence-corrected chi connectivity index (χ4v) is 3.56. The monoisotopic (exact) mass is 446 g/mol. The topological polar surface area (TPSA) is 81.4 Å². The normalized spacial score (nSPS) is 13.8. The maximum absolute atomic E-state index is 14.4. The van der Waals surface area contributed by atoms with Crippen LogP contribution < -0.4 is 5.32 Å². The molecule has 170 valence electrons. The van der Waals surface area contributed by atoms with Gasteiger partial charge in [0.2, 0.25) is 5.60 Å². The fourth-order valence-electron chi connectivity index (χ4n) is 3.56. The third-order valence-electron chi connectivity index (χ3n) is 5.66. The number of aryl methyl sites for hydroxylation is 1. The highest BCUT2D eigenvalue weighted by molar-refractivity contribution is 5.96. The lowest BCUT2D eigenvalue weighted by Gasteiger charge is -2.31. The van der Waals surface area contributed by atoms with E-state index < -0.39 is 23.4 Å². The Morgan fingerprint density at radius 3 is 2.47 bits per heavy atom. The van der Waals surface area contributed by atoms with E-state index >= 15 is 0 Å². The van der Waals surface area contributed by atoms with Crippen LogP contribution in [0.5, 0.6) is 0 Å². The van der Waals surface area contributed by atoms with Crippen LogP contribution in [0.25, 0.3) is 10.9 Å². The van der Waals surface area contributed by atoms with Gasteiger partial charge in [0.25, 0.3) is 0 Å². The number of carbonyl (C=O) groups excluding carboxylic acids is 1. The van der Waals surface area contributed by atoms with Gasteiger partial charge in [0.05, 0.1) is 5.69 Å². The van der Waals surface area contributed by atoms with Crippen LogP contribution >= 0.6 is 0 Å². The summed E-state index contributed by atoms with van der Waals surface area (Å²) < 4.78 is 44.6. The predicted molar refractivity (Wildman–Crippen MR) is 118 cm³/mol. The number of nitrogens with zero attached hydrogens (tertiary/aromatic N) is 2. The van der Waals surface area contributed by atoms with Crippen LogP contribution in [0.15, 0.2) is 48.7 Å². The molecule has 3 N–H and O–H groups in total. The number of alkyl halides is 3. The second kappa shape index (κ2) is 8.31. The summed E-state index contributed by atoms with van der Waals surface area (Å²) >= 11 is 0. The van der Waals surface area contributed by atoms with Crippen LogP contribution in [0.1, 0.15) is 30.5 Å². The van der Waals surface area contributed by atoms with Crippen LogP contribution in [-0.4, -0.2) is 46.1 Å². The van der Waals surface area contributed by atoms with Crippen molar-refractivity contribution in [3.8, 4) is 0 Å². The Kier molecular flexibility index (Phi) is 6.06. The number of aromatic nitrogens is 1. The maximum atomic E-state index is 14.4. The number of hydrogen-bond donors (Lipinski definition) is 3. The van der Waals surface area contributed by atoms with Gasteiger partial charge >= 0.3 is 12.2 Å². The van der Waals surface area contributed by atoms with E-state index in [9.17, 15) is 23.1 Å². The minimum absolute atomic E-state index is 0.0379. The van der Waals surface area contributed by atoms with Crippen LogP contribution in [0.2, 0.25) is 0 Å². The van der Waals surface area contributed by atoms with Gasteiger partial charge in [-0.2, -0.15) is 13.2 Å². The molecule has 6 nitrogen and oxygen atoms in total. The number of para-hydroxylation sites is 1. The third kappa shape index (κ3) is 3.84. The average Bonchev–Trinajstić information content (AvgIpc) is 3.09. The largest absolute Gasteiger partial charge is 0.425 e. The first-order valence-corrected chi connectivity index (χ1v) is 9.94. The minimum atomic E-state index is -5.04. The van der Waals surface area contributed by atoms with E-state index in [1.807, 2.05) is 13.8 Å². The van der Waals surface area contributed by atoms with Gasteiger partial charge in [0, 0.05) is 54.6 Å². The van der Waals surface area contributed by atoms with E-state index in [1.54, 1.807) is 32.3 Å². The number of nitrogens with one attached hydrogen (secondary N) is 2. The van der Waals surface area contributed by atoms with E-state index in [4.69, 9.17) is 5.41 Å². The van der Waals surface area contributed by atoms with Crippen molar-refractivity contribution in [1.82, 2.24) is 9.47 Å². The van der Waals surface area contributed by atoms with E-state index in [0.29, 0.717) is 5.52 Å². The Hall–Kier alpha value is -3.33. The number of anilines is 1. The number of halogens is 3. The van der Waals surface area contributed by atoms with Crippen molar-refractivity contribution in [3.63, 3.8) is 0 Å². The van der Waals surface area contributed by atoms with Gasteiger partial charge < -0.3 is 25.3 Å². The van der Waals surface area contributed by atoms with Crippen molar-refractivity contribution in [2.75, 3.05) is 12.4 Å². The smallest absolute Gasteiger partial charge is 0.372 e. The molecule has 0 fully saturated rings. The molecule has 0 bridgehead atoms. The molecular formula is C23H25F3N4O2. The van der Waals surface area contributed by atoms with Gasteiger partial charge in [-0.3, -0.25) is 0 Å². The molecule has 0 aliphatic carbocycles. The van der Waals surface area contributed by atoms with E-state index in [0.717, 1.165) is 18.3 Å². The van der Waals surface area contributed by atoms with Crippen molar-refractivity contribution < 1.29 is 23.1 Å². The van der Waals surface area contributed by atoms with Crippen molar-refractivity contribution in [2.45, 2.75) is 31.7 Å². The van der Waals surface area contributed by atoms with Crippen LogP contribution in [-0.2, 0) is 12.6 Å². The number of aliphatic hydroxyl groups is 1. The lowest BCUT2D eigenvalue weighted by atomic mass is 9.84. The quantitative estimate of drug-likeness (QED) is 0.490. The molecule has 2 aromatic carbocycles. The van der Waals surface area contributed by atoms with Crippen LogP contribution in [0.3, 0.4) is 0 Å². The number of rotatable bonds is 5. The molecule has 32 heavy (non-hydrogen) atoms. The fraction of sp³-hybridized carbons (Fsp3) is 0.304. The van der Waals surface area contributed by atoms with E-state index in [2.05, 4.69) is 5.32 Å². The highest BCUT2D eigenvalue weighted by Gasteiger charge is 2.57. The molecule has 1 aromatic heterocycles. The van der Waals surface area contributed by atoms with Crippen LogP contribution in [0.4, 0.5) is 23.7 Å². The Morgan fingerprint density at radius 2 is 1.88 bits per heavy atom. The van der Waals surface area contributed by atoms with E-state index in [1.165, 1.54) is 27.8 Å². The molecule has 9 heteroatoms. The second-order valence-electron chi connectivity index (χ2n) is 7.96. The number of fused-ring (bicyclic) bond motifs is 1. The standard InChI is InChI=1S/C23H25F3N4O2/c1-14(2)30(4)21(31)28-19-10-9-16(11-15(19)12-27)22(32,23(24,25)26)18-13-29(3)20-8-6-5-7-17(18)20/h5-14,27,32H,1-4H3,(H,28,31). The Labute approximate surface area is 183 Å². The number of benzene rings is 2. The molecule has 1 atom stereocenters. The summed E-state index contributed by atoms with van der Waals surface area (Å²) in [6, 6.07) is 9.41. The van der Waals surface area contributed by atoms with Crippen molar-refractivity contribution >= 4 is 28.8 Å². The highest BCUT2D eigenvalue weighted by atomic mass is 19.4. The van der Waals surface area contributed by atoms with Crippen molar-refractivity contribution in [2.24, 2.45) is 7.05 Å². The molecule has 3 rings (SSSR count). The molecule has 0 saturated carbocycles. The van der Waals surface area contributed by atoms with Gasteiger partial charge in [0.15, 0.2) is 0 Å². The zero-order chi connectivity index (χ0) is 23.8. The van der Waals surface area contributed by atoms with Crippen molar-refractivity contribution in [3.05, 3.63) is 65.4 Å². The minimum Gasteiger partial charge on any atom is -0.372 e. The lowest BCUT2D eigenvalue weighted by molar-refractivity contribution is -0.247. The molecule has 2 amide bonds. The first-order valence-electron chi connectivity index (χ1n) is 9.94. The number of hydrogen-bond acceptors (Lipinski definition) is 3. The first-order chi connectivity index (χ1) is 14.9. The number of amides is 2. The summed E-state index contributed by atoms with van der Waals surface area (Å²) in [5.74, 6) is 0. The first kappa shape index (κ1) is 23.3. The summed E-state index contributed by atoms with van der Waals surface area (Å²) in [7, 11) is 3.19. The average molecular weight is 446 g/mol. The van der Waals surface area contributed by atoms with Crippen molar-refractivity contribution in [1.29, 1.82) is 5.41 Å². The zero-order valence-electron chi connectivity index (χ0n) is 18.2. The number of carbonyl (C=O) groups is 1. The summed E-state index contributed by atoms with van der Waals surface area (Å²) in [6.07, 6.45) is -2.94. The lowest BCUT2D eigenvalue weighted by Crippen LogP contribution is -2.43. The van der Waals surface area contributed by atoms with Gasteiger partial charge in [-0.05, 0) is 37.6 Å². The molecule has 1 unspecified atom stereocenters. The van der Waals surface area contributed by atoms with Gasteiger partial charge in [0.1, 0.15) is 0 Å². The van der Waals surface area contributed by atoms with Gasteiger partial charge in [-0.25, -0.2) is 4.79 Å². The summed E-state index contributed by atoms with van der Waals surface area (Å²) in [5, 5.41) is 21.7. The van der Waals surface area contributed by atoms with Gasteiger partial charge in [-0.15, -0.1) is 0 Å². The summed E-state index contributed by atoms with van der Waals surface area (Å²) in [5.41, 5.74) is -3.33. The molecule has 0 radical (unpaired) electrons. The summed E-state index contributed by atoms with van der Waals surface area (Å²) in [4.78, 5) is 13.8. The maximum Gasteiger partial charge on any atom is 0.425 e. The molecule has 0 aliphatic rings. The van der Waals surface area contributed by atoms with Crippen LogP contribution in [0, 0.1) is 5.41 Å². The zero-order valence-corrected chi connectivity index (χ0v) is 18.2. The second-order valence-corrected chi connectivity index (χ2v) is 7.96. The highest BCUT2D eigenvalue weighted by Crippen LogP contribution is 2.47. The van der Waals surface area contributed by atoms with E-state index in [-0.39, 0.29) is 28.2 Å². The molecule has 1 heterocycles. The molecular weight excluding hydrogens is 421 g/mol. The third-order valence-corrected chi connectivity index (χ3v) is 5.66. The number of urea groups is 1. The Balaban J connectivity index is 2.15. The summed E-state index contributed by atoms with van der Waals surface area (Å²) in [6.45, 7) is 3.63. The predicted octanol–water partition coefficient (Wildman–Crippen LogP) is 4.85. The molecule has 3 aromatic rings. The van der Waals surface area contributed by atoms with Gasteiger partial charge in [-0.1, -0.05) is 24.3 Å². The molecule has 0 saturated heterocycles. The Bertz CT molecular complexity index is 1170. The SMILES string of the molecule is CC(C)N(C)C(=O)Nc1ccc(C(O)(c2cn(C)c3ccccc23)C(F)(F)F)cc1C=N. The molecule has 0 spiro atoms. The Morgan fingerprint density at radius 1 is 1.22 bits per heavy atom.